The molecule has 6 heteroatoms. The molecule has 1 fully saturated rings. The zero-order valence-corrected chi connectivity index (χ0v) is 15.3. The Balaban J connectivity index is 1.69. The maximum Gasteiger partial charge on any atom is 0.167 e. The summed E-state index contributed by atoms with van der Waals surface area (Å²) in [6.45, 7) is 9.66. The van der Waals surface area contributed by atoms with Crippen LogP contribution < -0.4 is 14.5 Å². The van der Waals surface area contributed by atoms with Crippen LogP contribution in [0.25, 0.3) is 0 Å². The minimum atomic E-state index is -0.326. The van der Waals surface area contributed by atoms with E-state index >= 15 is 0 Å². The number of hydrogen-bond acceptors (Lipinski definition) is 5. The van der Waals surface area contributed by atoms with Crippen molar-refractivity contribution in [3.8, 4) is 5.75 Å². The molecule has 3 rings (SSSR count). The van der Waals surface area contributed by atoms with Crippen LogP contribution in [-0.4, -0.2) is 43.3 Å². The monoisotopic (exact) mass is 344 g/mol. The highest BCUT2D eigenvalue weighted by Crippen LogP contribution is 2.26. The highest BCUT2D eigenvalue weighted by Gasteiger charge is 2.22. The van der Waals surface area contributed by atoms with Crippen LogP contribution in [0.2, 0.25) is 0 Å². The highest BCUT2D eigenvalue weighted by atomic mass is 19.1. The Morgan fingerprint density at radius 1 is 1.04 bits per heavy atom. The van der Waals surface area contributed by atoms with Crippen molar-refractivity contribution in [2.75, 3.05) is 43.1 Å². The lowest BCUT2D eigenvalue weighted by Gasteiger charge is -2.37. The van der Waals surface area contributed by atoms with E-state index in [1.165, 1.54) is 13.2 Å². The van der Waals surface area contributed by atoms with Crippen molar-refractivity contribution in [3.63, 3.8) is 0 Å². The molecular weight excluding hydrogens is 319 g/mol. The Hall–Kier alpha value is -2.37. The number of nitrogens with zero attached hydrogens (tertiary/aromatic N) is 4. The molecule has 0 N–H and O–H groups in total. The molecule has 5 nitrogen and oxygen atoms in total. The van der Waals surface area contributed by atoms with Gasteiger partial charge in [0.1, 0.15) is 11.6 Å². The first-order valence-corrected chi connectivity index (χ1v) is 8.55. The van der Waals surface area contributed by atoms with Crippen LogP contribution >= 0.6 is 0 Å². The van der Waals surface area contributed by atoms with Crippen LogP contribution in [0.4, 0.5) is 15.9 Å². The average Bonchev–Trinajstić information content (AvgIpc) is 2.61. The van der Waals surface area contributed by atoms with Gasteiger partial charge in [-0.1, -0.05) is 20.8 Å². The van der Waals surface area contributed by atoms with E-state index in [1.807, 2.05) is 18.3 Å². The molecule has 0 radical (unpaired) electrons. The minimum Gasteiger partial charge on any atom is -0.494 e. The number of benzene rings is 1. The summed E-state index contributed by atoms with van der Waals surface area (Å²) in [5.41, 5.74) is 0.814. The number of halogens is 1. The first-order valence-electron chi connectivity index (χ1n) is 8.55. The van der Waals surface area contributed by atoms with Crippen LogP contribution in [0.1, 0.15) is 26.6 Å². The predicted octanol–water partition coefficient (Wildman–Crippen LogP) is 3.25. The molecule has 134 valence electrons. The summed E-state index contributed by atoms with van der Waals surface area (Å²) in [6, 6.07) is 7.08. The van der Waals surface area contributed by atoms with Crippen molar-refractivity contribution >= 4 is 11.5 Å². The molecule has 25 heavy (non-hydrogen) atoms. The number of methoxy groups -OCH3 is 1. The number of anilines is 2. The van der Waals surface area contributed by atoms with Crippen LogP contribution in [-0.2, 0) is 5.41 Å². The molecule has 1 aliphatic rings. The van der Waals surface area contributed by atoms with E-state index < -0.39 is 0 Å². The fourth-order valence-corrected chi connectivity index (χ4v) is 2.93. The van der Waals surface area contributed by atoms with Gasteiger partial charge in [0, 0.05) is 49.5 Å². The Morgan fingerprint density at radius 3 is 2.32 bits per heavy atom. The van der Waals surface area contributed by atoms with E-state index in [2.05, 4.69) is 35.6 Å². The van der Waals surface area contributed by atoms with Gasteiger partial charge in [0.05, 0.1) is 7.11 Å². The molecule has 2 aromatic rings. The summed E-state index contributed by atoms with van der Waals surface area (Å²) in [7, 11) is 1.48. The second-order valence-corrected chi connectivity index (χ2v) is 7.28. The quantitative estimate of drug-likeness (QED) is 0.855. The van der Waals surface area contributed by atoms with E-state index in [0.717, 1.165) is 43.5 Å². The SMILES string of the molecule is COc1ccc(N2CCN(c3ccnc(C(C)(C)C)n3)CC2)cc1F. The lowest BCUT2D eigenvalue weighted by atomic mass is 9.96. The second kappa shape index (κ2) is 6.86. The van der Waals surface area contributed by atoms with Gasteiger partial charge in [-0.15, -0.1) is 0 Å². The third-order valence-corrected chi connectivity index (χ3v) is 4.42. The fourth-order valence-electron chi connectivity index (χ4n) is 2.93. The summed E-state index contributed by atoms with van der Waals surface area (Å²) in [6.07, 6.45) is 1.83. The first-order chi connectivity index (χ1) is 11.9. The average molecular weight is 344 g/mol. The molecule has 0 amide bonds. The van der Waals surface area contributed by atoms with E-state index in [4.69, 9.17) is 9.72 Å². The third-order valence-electron chi connectivity index (χ3n) is 4.42. The van der Waals surface area contributed by atoms with Gasteiger partial charge >= 0.3 is 0 Å². The molecular formula is C19H25FN4O. The van der Waals surface area contributed by atoms with Gasteiger partial charge in [-0.2, -0.15) is 0 Å². The summed E-state index contributed by atoms with van der Waals surface area (Å²) in [5.74, 6) is 1.76. The van der Waals surface area contributed by atoms with Crippen molar-refractivity contribution < 1.29 is 9.13 Å². The van der Waals surface area contributed by atoms with Crippen molar-refractivity contribution in [3.05, 3.63) is 42.1 Å². The summed E-state index contributed by atoms with van der Waals surface area (Å²) in [5, 5.41) is 0. The number of piperazine rings is 1. The van der Waals surface area contributed by atoms with Crippen LogP contribution in [0, 0.1) is 5.82 Å². The summed E-state index contributed by atoms with van der Waals surface area (Å²) >= 11 is 0. The van der Waals surface area contributed by atoms with Gasteiger partial charge in [-0.3, -0.25) is 0 Å². The van der Waals surface area contributed by atoms with E-state index in [-0.39, 0.29) is 17.0 Å². The summed E-state index contributed by atoms with van der Waals surface area (Å²) < 4.78 is 18.9. The van der Waals surface area contributed by atoms with E-state index in [1.54, 1.807) is 6.07 Å². The molecule has 1 aromatic heterocycles. The topological polar surface area (TPSA) is 41.5 Å². The molecule has 1 aliphatic heterocycles. The van der Waals surface area contributed by atoms with Gasteiger partial charge in [-0.05, 0) is 18.2 Å². The number of aromatic nitrogens is 2. The van der Waals surface area contributed by atoms with Gasteiger partial charge < -0.3 is 14.5 Å². The standard InChI is InChI=1S/C19H25FN4O/c1-19(2,3)18-21-8-7-17(22-18)24-11-9-23(10-12-24)14-5-6-16(25-4)15(20)13-14/h5-8,13H,9-12H2,1-4H3. The molecule has 0 saturated carbocycles. The fraction of sp³-hybridized carbons (Fsp3) is 0.474. The van der Waals surface area contributed by atoms with Gasteiger partial charge in [0.15, 0.2) is 11.6 Å². The second-order valence-electron chi connectivity index (χ2n) is 7.28. The zero-order valence-electron chi connectivity index (χ0n) is 15.3. The molecule has 0 atom stereocenters. The summed E-state index contributed by atoms with van der Waals surface area (Å²) in [4.78, 5) is 13.6. The Kier molecular flexibility index (Phi) is 4.79. The lowest BCUT2D eigenvalue weighted by Crippen LogP contribution is -2.47. The molecule has 0 spiro atoms. The number of rotatable bonds is 3. The largest absolute Gasteiger partial charge is 0.494 e. The van der Waals surface area contributed by atoms with Gasteiger partial charge in [0.25, 0.3) is 0 Å². The molecule has 1 saturated heterocycles. The molecule has 2 heterocycles. The Bertz CT molecular complexity index is 736. The maximum absolute atomic E-state index is 13.9. The highest BCUT2D eigenvalue weighted by molar-refractivity contribution is 5.52. The number of hydrogen-bond donors (Lipinski definition) is 0. The minimum absolute atomic E-state index is 0.0710. The van der Waals surface area contributed by atoms with Crippen molar-refractivity contribution in [2.24, 2.45) is 0 Å². The van der Waals surface area contributed by atoms with Crippen molar-refractivity contribution in [1.29, 1.82) is 0 Å². The molecule has 0 aliphatic carbocycles. The lowest BCUT2D eigenvalue weighted by molar-refractivity contribution is 0.386. The van der Waals surface area contributed by atoms with Gasteiger partial charge in [-0.25, -0.2) is 14.4 Å². The smallest absolute Gasteiger partial charge is 0.167 e. The normalized spacial score (nSPS) is 15.4. The molecule has 0 bridgehead atoms. The first kappa shape index (κ1) is 17.5. The van der Waals surface area contributed by atoms with Crippen LogP contribution in [0.15, 0.2) is 30.5 Å². The molecule has 0 unspecified atom stereocenters. The van der Waals surface area contributed by atoms with Crippen LogP contribution in [0.5, 0.6) is 5.75 Å². The zero-order chi connectivity index (χ0) is 18.0. The number of ether oxygens (including phenoxy) is 1. The Labute approximate surface area is 148 Å². The van der Waals surface area contributed by atoms with Crippen LogP contribution in [0.3, 0.4) is 0 Å². The predicted molar refractivity (Wildman–Crippen MR) is 98.1 cm³/mol. The third kappa shape index (κ3) is 3.83. The Morgan fingerprint density at radius 2 is 1.72 bits per heavy atom. The van der Waals surface area contributed by atoms with Gasteiger partial charge in [0.2, 0.25) is 0 Å². The maximum atomic E-state index is 13.9. The van der Waals surface area contributed by atoms with Crippen molar-refractivity contribution in [1.82, 2.24) is 9.97 Å². The molecule has 1 aromatic carbocycles. The van der Waals surface area contributed by atoms with E-state index in [0.29, 0.717) is 0 Å². The van der Waals surface area contributed by atoms with Crippen molar-refractivity contribution in [2.45, 2.75) is 26.2 Å². The van der Waals surface area contributed by atoms with E-state index in [9.17, 15) is 4.39 Å².